The molecule has 0 radical (unpaired) electrons. The summed E-state index contributed by atoms with van der Waals surface area (Å²) in [6.07, 6.45) is 1.64. The number of nitrogens with zero attached hydrogens (tertiary/aromatic N) is 4. The molecule has 0 aliphatic heterocycles. The third-order valence-electron chi connectivity index (χ3n) is 2.61. The van der Waals surface area contributed by atoms with Crippen LogP contribution in [0.25, 0.3) is 11.5 Å². The first-order valence-corrected chi connectivity index (χ1v) is 5.26. The lowest BCUT2D eigenvalue weighted by molar-refractivity contribution is 0.806. The zero-order chi connectivity index (χ0) is 11.8. The van der Waals surface area contributed by atoms with E-state index in [0.717, 1.165) is 5.69 Å². The van der Waals surface area contributed by atoms with Gasteiger partial charge in [-0.15, -0.1) is 5.10 Å². The second-order valence-electron chi connectivity index (χ2n) is 3.74. The lowest BCUT2D eigenvalue weighted by Crippen LogP contribution is -2.21. The molecular formula is C12H10N4O. The molecule has 0 aliphatic carbocycles. The zero-order valence-corrected chi connectivity index (χ0v) is 9.24. The Labute approximate surface area is 97.0 Å². The zero-order valence-electron chi connectivity index (χ0n) is 9.24. The molecule has 3 aromatic heterocycles. The molecule has 0 spiro atoms. The standard InChI is InChI=1S/C12H10N4O/c1-9-5-4-7-11-14-16(12(17)15(9)11)10-6-2-3-8-13-10/h2-8H,1H3. The maximum Gasteiger partial charge on any atom is 0.356 e. The monoisotopic (exact) mass is 226 g/mol. The largest absolute Gasteiger partial charge is 0.356 e. The van der Waals surface area contributed by atoms with E-state index in [0.29, 0.717) is 11.5 Å². The molecule has 84 valence electrons. The molecule has 0 unspecified atom stereocenters. The lowest BCUT2D eigenvalue weighted by Gasteiger charge is -1.95. The van der Waals surface area contributed by atoms with Crippen molar-refractivity contribution in [2.75, 3.05) is 0 Å². The van der Waals surface area contributed by atoms with Crippen LogP contribution >= 0.6 is 0 Å². The summed E-state index contributed by atoms with van der Waals surface area (Å²) in [5, 5.41) is 4.25. The number of hydrogen-bond donors (Lipinski definition) is 0. The molecule has 0 fully saturated rings. The topological polar surface area (TPSA) is 52.2 Å². The van der Waals surface area contributed by atoms with Gasteiger partial charge in [-0.25, -0.2) is 14.2 Å². The van der Waals surface area contributed by atoms with Crippen molar-refractivity contribution in [3.8, 4) is 5.82 Å². The molecule has 3 rings (SSSR count). The van der Waals surface area contributed by atoms with Gasteiger partial charge in [0, 0.05) is 11.9 Å². The lowest BCUT2D eigenvalue weighted by atomic mass is 10.4. The van der Waals surface area contributed by atoms with Gasteiger partial charge in [-0.05, 0) is 31.2 Å². The highest BCUT2D eigenvalue weighted by atomic mass is 16.2. The molecule has 0 N–H and O–H groups in total. The third-order valence-corrected chi connectivity index (χ3v) is 2.61. The van der Waals surface area contributed by atoms with Gasteiger partial charge in [0.25, 0.3) is 0 Å². The maximum absolute atomic E-state index is 12.2. The van der Waals surface area contributed by atoms with Crippen LogP contribution in [-0.2, 0) is 0 Å². The van der Waals surface area contributed by atoms with Gasteiger partial charge in [-0.1, -0.05) is 12.1 Å². The van der Waals surface area contributed by atoms with Crippen LogP contribution in [0.2, 0.25) is 0 Å². The van der Waals surface area contributed by atoms with Gasteiger partial charge in [0.05, 0.1) is 0 Å². The van der Waals surface area contributed by atoms with Crippen LogP contribution in [0, 0.1) is 6.92 Å². The van der Waals surface area contributed by atoms with Crippen molar-refractivity contribution in [1.29, 1.82) is 0 Å². The highest BCUT2D eigenvalue weighted by molar-refractivity contribution is 5.39. The Morgan fingerprint density at radius 1 is 1.12 bits per heavy atom. The van der Waals surface area contributed by atoms with Gasteiger partial charge in [0.2, 0.25) is 0 Å². The Morgan fingerprint density at radius 3 is 2.71 bits per heavy atom. The van der Waals surface area contributed by atoms with Crippen molar-refractivity contribution in [1.82, 2.24) is 19.2 Å². The highest BCUT2D eigenvalue weighted by Gasteiger charge is 2.09. The second-order valence-corrected chi connectivity index (χ2v) is 3.74. The Kier molecular flexibility index (Phi) is 2.04. The summed E-state index contributed by atoms with van der Waals surface area (Å²) in [7, 11) is 0. The minimum atomic E-state index is -0.197. The summed E-state index contributed by atoms with van der Waals surface area (Å²) in [4.78, 5) is 16.3. The van der Waals surface area contributed by atoms with E-state index >= 15 is 0 Å². The van der Waals surface area contributed by atoms with Crippen LogP contribution < -0.4 is 5.69 Å². The van der Waals surface area contributed by atoms with Crippen molar-refractivity contribution in [3.63, 3.8) is 0 Å². The van der Waals surface area contributed by atoms with Crippen molar-refractivity contribution in [3.05, 3.63) is 58.8 Å². The molecule has 17 heavy (non-hydrogen) atoms. The van der Waals surface area contributed by atoms with E-state index in [9.17, 15) is 4.79 Å². The van der Waals surface area contributed by atoms with Crippen molar-refractivity contribution >= 4 is 5.65 Å². The van der Waals surface area contributed by atoms with Crippen LogP contribution in [0.15, 0.2) is 47.4 Å². The van der Waals surface area contributed by atoms with E-state index in [2.05, 4.69) is 10.1 Å². The minimum absolute atomic E-state index is 0.197. The van der Waals surface area contributed by atoms with Crippen LogP contribution in [0.4, 0.5) is 0 Å². The summed E-state index contributed by atoms with van der Waals surface area (Å²) in [5.74, 6) is 0.528. The van der Waals surface area contributed by atoms with Crippen molar-refractivity contribution < 1.29 is 0 Å². The van der Waals surface area contributed by atoms with Crippen LogP contribution in [0.1, 0.15) is 5.69 Å². The number of rotatable bonds is 1. The second kappa shape index (κ2) is 3.55. The molecule has 5 nitrogen and oxygen atoms in total. The summed E-state index contributed by atoms with van der Waals surface area (Å²) < 4.78 is 2.87. The predicted molar refractivity (Wildman–Crippen MR) is 63.3 cm³/mol. The SMILES string of the molecule is Cc1cccc2nn(-c3ccccn3)c(=O)n12. The molecule has 0 atom stereocenters. The minimum Gasteiger partial charge on any atom is -0.247 e. The van der Waals surface area contributed by atoms with Crippen LogP contribution in [-0.4, -0.2) is 19.2 Å². The molecule has 0 saturated carbocycles. The molecule has 0 aromatic carbocycles. The number of aromatic nitrogens is 4. The molecule has 0 aliphatic rings. The van der Waals surface area contributed by atoms with Crippen molar-refractivity contribution in [2.45, 2.75) is 6.92 Å². The van der Waals surface area contributed by atoms with E-state index in [1.165, 1.54) is 4.68 Å². The Hall–Kier alpha value is -2.43. The number of fused-ring (bicyclic) bond motifs is 1. The fourth-order valence-corrected chi connectivity index (χ4v) is 1.80. The number of pyridine rings is 2. The molecule has 5 heteroatoms. The van der Waals surface area contributed by atoms with Gasteiger partial charge in [0.1, 0.15) is 0 Å². The van der Waals surface area contributed by atoms with Crippen LogP contribution in [0.3, 0.4) is 0 Å². The highest BCUT2D eigenvalue weighted by Crippen LogP contribution is 2.04. The average molecular weight is 226 g/mol. The molecule has 0 bridgehead atoms. The molecule has 0 amide bonds. The number of hydrogen-bond acceptors (Lipinski definition) is 3. The summed E-state index contributed by atoms with van der Waals surface area (Å²) in [6.45, 7) is 1.87. The van der Waals surface area contributed by atoms with Crippen molar-refractivity contribution in [2.24, 2.45) is 0 Å². The quantitative estimate of drug-likeness (QED) is 0.626. The Balaban J connectivity index is 2.37. The van der Waals surface area contributed by atoms with E-state index in [1.54, 1.807) is 28.8 Å². The fraction of sp³-hybridized carbons (Fsp3) is 0.0833. The van der Waals surface area contributed by atoms with Gasteiger partial charge >= 0.3 is 5.69 Å². The molecule has 3 aromatic rings. The van der Waals surface area contributed by atoms with Gasteiger partial charge in [-0.3, -0.25) is 0 Å². The smallest absolute Gasteiger partial charge is 0.247 e. The predicted octanol–water partition coefficient (Wildman–Crippen LogP) is 1.19. The average Bonchev–Trinajstić information content (AvgIpc) is 2.69. The fourth-order valence-electron chi connectivity index (χ4n) is 1.80. The summed E-state index contributed by atoms with van der Waals surface area (Å²) >= 11 is 0. The van der Waals surface area contributed by atoms with E-state index in [1.807, 2.05) is 25.1 Å². The molecule has 0 saturated heterocycles. The molecular weight excluding hydrogens is 216 g/mol. The molecule has 3 heterocycles. The summed E-state index contributed by atoms with van der Waals surface area (Å²) in [6, 6.07) is 10.9. The van der Waals surface area contributed by atoms with E-state index in [4.69, 9.17) is 0 Å². The Morgan fingerprint density at radius 2 is 2.00 bits per heavy atom. The van der Waals surface area contributed by atoms with Crippen LogP contribution in [0.5, 0.6) is 0 Å². The van der Waals surface area contributed by atoms with Gasteiger partial charge in [-0.2, -0.15) is 4.68 Å². The first kappa shape index (κ1) is 9.77. The van der Waals surface area contributed by atoms with Gasteiger partial charge < -0.3 is 0 Å². The first-order chi connectivity index (χ1) is 8.27. The summed E-state index contributed by atoms with van der Waals surface area (Å²) in [5.41, 5.74) is 1.28. The van der Waals surface area contributed by atoms with E-state index < -0.39 is 0 Å². The maximum atomic E-state index is 12.2. The third kappa shape index (κ3) is 1.44. The first-order valence-electron chi connectivity index (χ1n) is 5.26. The number of aryl methyl sites for hydroxylation is 1. The normalized spacial score (nSPS) is 10.9. The van der Waals surface area contributed by atoms with Gasteiger partial charge in [0.15, 0.2) is 11.5 Å². The van der Waals surface area contributed by atoms with E-state index in [-0.39, 0.29) is 5.69 Å². The Bertz CT molecular complexity index is 727.